The van der Waals surface area contributed by atoms with Crippen molar-refractivity contribution < 1.29 is 23.9 Å². The van der Waals surface area contributed by atoms with Crippen LogP contribution in [0.25, 0.3) is 0 Å². The zero-order chi connectivity index (χ0) is 22.8. The van der Waals surface area contributed by atoms with E-state index in [1.54, 1.807) is 30.3 Å². The van der Waals surface area contributed by atoms with E-state index in [9.17, 15) is 14.4 Å². The first-order valence-corrected chi connectivity index (χ1v) is 10.6. The summed E-state index contributed by atoms with van der Waals surface area (Å²) in [6.07, 6.45) is 0. The molecular weight excluding hydrogens is 428 g/mol. The fraction of sp³-hybridized carbons (Fsp3) is 0.125. The van der Waals surface area contributed by atoms with Gasteiger partial charge in [-0.05, 0) is 48.5 Å². The van der Waals surface area contributed by atoms with Gasteiger partial charge in [-0.2, -0.15) is 0 Å². The zero-order valence-corrected chi connectivity index (χ0v) is 18.2. The van der Waals surface area contributed by atoms with E-state index < -0.39 is 24.4 Å². The highest BCUT2D eigenvalue weighted by Crippen LogP contribution is 2.33. The molecule has 164 valence electrons. The Morgan fingerprint density at radius 2 is 1.56 bits per heavy atom. The van der Waals surface area contributed by atoms with Gasteiger partial charge in [-0.3, -0.25) is 14.4 Å². The summed E-state index contributed by atoms with van der Waals surface area (Å²) in [7, 11) is 1.53. The third-order valence-electron chi connectivity index (χ3n) is 4.24. The van der Waals surface area contributed by atoms with Gasteiger partial charge < -0.3 is 20.1 Å². The Kier molecular flexibility index (Phi) is 8.28. The fourth-order valence-electron chi connectivity index (χ4n) is 2.65. The summed E-state index contributed by atoms with van der Waals surface area (Å²) in [6.45, 7) is -0.805. The van der Waals surface area contributed by atoms with E-state index in [2.05, 4.69) is 10.6 Å². The number of ether oxygens (including phenoxy) is 2. The Morgan fingerprint density at radius 1 is 0.875 bits per heavy atom. The van der Waals surface area contributed by atoms with Gasteiger partial charge in [-0.25, -0.2) is 0 Å². The van der Waals surface area contributed by atoms with Gasteiger partial charge in [-0.15, -0.1) is 0 Å². The molecule has 0 unspecified atom stereocenters. The summed E-state index contributed by atoms with van der Waals surface area (Å²) in [5.41, 5.74) is 0.999. The molecule has 0 aliphatic heterocycles. The minimum atomic E-state index is -0.714. The first-order chi connectivity index (χ1) is 15.5. The average molecular weight is 451 g/mol. The molecule has 2 amide bonds. The molecule has 0 saturated heterocycles. The van der Waals surface area contributed by atoms with Crippen molar-refractivity contribution in [1.29, 1.82) is 0 Å². The molecule has 0 saturated carbocycles. The summed E-state index contributed by atoms with van der Waals surface area (Å²) >= 11 is 1.51. The van der Waals surface area contributed by atoms with Crippen LogP contribution in [0.2, 0.25) is 0 Å². The number of hydrogen-bond acceptors (Lipinski definition) is 6. The first kappa shape index (κ1) is 22.9. The van der Waals surface area contributed by atoms with E-state index in [4.69, 9.17) is 9.47 Å². The van der Waals surface area contributed by atoms with E-state index in [1.807, 2.05) is 48.5 Å². The second-order valence-electron chi connectivity index (χ2n) is 6.53. The van der Waals surface area contributed by atoms with Crippen LogP contribution in [0.4, 0.5) is 5.69 Å². The third kappa shape index (κ3) is 6.88. The predicted octanol–water partition coefficient (Wildman–Crippen LogP) is 3.76. The van der Waals surface area contributed by atoms with Gasteiger partial charge in [0.25, 0.3) is 11.8 Å². The smallest absolute Gasteiger partial charge is 0.325 e. The molecule has 0 aliphatic rings. The summed E-state index contributed by atoms with van der Waals surface area (Å²) in [4.78, 5) is 38.1. The van der Waals surface area contributed by atoms with Gasteiger partial charge >= 0.3 is 5.97 Å². The molecule has 3 rings (SSSR count). The maximum atomic E-state index is 12.2. The lowest BCUT2D eigenvalue weighted by Crippen LogP contribution is -2.32. The SMILES string of the molecule is COc1ccc(C(=O)NCC(=O)OCC(=O)Nc2ccccc2Sc2ccccc2)cc1. The molecule has 7 nitrogen and oxygen atoms in total. The van der Waals surface area contributed by atoms with Crippen LogP contribution in [0.1, 0.15) is 10.4 Å². The zero-order valence-electron chi connectivity index (χ0n) is 17.4. The lowest BCUT2D eigenvalue weighted by Gasteiger charge is -2.11. The van der Waals surface area contributed by atoms with Crippen molar-refractivity contribution in [3.8, 4) is 5.75 Å². The Morgan fingerprint density at radius 3 is 2.28 bits per heavy atom. The van der Waals surface area contributed by atoms with Crippen LogP contribution < -0.4 is 15.4 Å². The Hall–Kier alpha value is -3.78. The highest BCUT2D eigenvalue weighted by Gasteiger charge is 2.12. The molecule has 0 aliphatic carbocycles. The molecule has 3 aromatic carbocycles. The normalized spacial score (nSPS) is 10.2. The third-order valence-corrected chi connectivity index (χ3v) is 5.33. The van der Waals surface area contributed by atoms with Crippen LogP contribution in [0.15, 0.2) is 88.7 Å². The number of para-hydroxylation sites is 1. The van der Waals surface area contributed by atoms with Gasteiger partial charge in [0.05, 0.1) is 12.8 Å². The van der Waals surface area contributed by atoms with Crippen molar-refractivity contribution >= 4 is 35.2 Å². The molecule has 32 heavy (non-hydrogen) atoms. The van der Waals surface area contributed by atoms with Crippen molar-refractivity contribution in [2.24, 2.45) is 0 Å². The molecule has 0 spiro atoms. The molecular formula is C24H22N2O5S. The standard InChI is InChI=1S/C24H22N2O5S/c1-30-18-13-11-17(12-14-18)24(29)25-15-23(28)31-16-22(27)26-20-9-5-6-10-21(20)32-19-7-3-2-4-8-19/h2-14H,15-16H2,1H3,(H,25,29)(H,26,27). The fourth-order valence-corrected chi connectivity index (χ4v) is 3.58. The number of esters is 1. The molecule has 0 fully saturated rings. The van der Waals surface area contributed by atoms with E-state index in [-0.39, 0.29) is 6.54 Å². The highest BCUT2D eigenvalue weighted by molar-refractivity contribution is 7.99. The Bertz CT molecular complexity index is 1070. The van der Waals surface area contributed by atoms with Crippen molar-refractivity contribution in [1.82, 2.24) is 5.32 Å². The quantitative estimate of drug-likeness (QED) is 0.482. The number of carbonyl (C=O) groups excluding carboxylic acids is 3. The maximum Gasteiger partial charge on any atom is 0.325 e. The molecule has 0 atom stereocenters. The van der Waals surface area contributed by atoms with Crippen molar-refractivity contribution in [3.05, 3.63) is 84.4 Å². The van der Waals surface area contributed by atoms with Crippen LogP contribution in [0.3, 0.4) is 0 Å². The number of methoxy groups -OCH3 is 1. The van der Waals surface area contributed by atoms with E-state index in [0.717, 1.165) is 9.79 Å². The van der Waals surface area contributed by atoms with Crippen LogP contribution in [-0.4, -0.2) is 38.0 Å². The lowest BCUT2D eigenvalue weighted by molar-refractivity contribution is -0.146. The minimum Gasteiger partial charge on any atom is -0.497 e. The molecule has 0 heterocycles. The summed E-state index contributed by atoms with van der Waals surface area (Å²) in [6, 6.07) is 23.6. The second kappa shape index (κ2) is 11.6. The number of benzene rings is 3. The van der Waals surface area contributed by atoms with Gasteiger partial charge in [0.2, 0.25) is 0 Å². The first-order valence-electron chi connectivity index (χ1n) is 9.75. The maximum absolute atomic E-state index is 12.2. The van der Waals surface area contributed by atoms with Crippen molar-refractivity contribution in [2.45, 2.75) is 9.79 Å². The molecule has 8 heteroatoms. The topological polar surface area (TPSA) is 93.7 Å². The number of rotatable bonds is 9. The van der Waals surface area contributed by atoms with Crippen molar-refractivity contribution in [3.63, 3.8) is 0 Å². The molecule has 3 aromatic rings. The van der Waals surface area contributed by atoms with Crippen molar-refractivity contribution in [2.75, 3.05) is 25.6 Å². The lowest BCUT2D eigenvalue weighted by atomic mass is 10.2. The summed E-state index contributed by atoms with van der Waals surface area (Å²) in [5.74, 6) is -0.994. The van der Waals surface area contributed by atoms with Crippen LogP contribution in [-0.2, 0) is 14.3 Å². The molecule has 0 bridgehead atoms. The minimum absolute atomic E-state index is 0.349. The Labute approximate surface area is 190 Å². The number of carbonyl (C=O) groups is 3. The predicted molar refractivity (Wildman–Crippen MR) is 122 cm³/mol. The largest absolute Gasteiger partial charge is 0.497 e. The number of anilines is 1. The van der Waals surface area contributed by atoms with Gasteiger partial charge in [0.15, 0.2) is 6.61 Å². The van der Waals surface area contributed by atoms with E-state index in [0.29, 0.717) is 17.0 Å². The number of amides is 2. The monoisotopic (exact) mass is 450 g/mol. The van der Waals surface area contributed by atoms with Gasteiger partial charge in [0, 0.05) is 15.4 Å². The summed E-state index contributed by atoms with van der Waals surface area (Å²) in [5, 5.41) is 5.21. The summed E-state index contributed by atoms with van der Waals surface area (Å²) < 4.78 is 10.0. The van der Waals surface area contributed by atoms with Crippen LogP contribution in [0, 0.1) is 0 Å². The van der Waals surface area contributed by atoms with Gasteiger partial charge in [-0.1, -0.05) is 42.1 Å². The average Bonchev–Trinajstić information content (AvgIpc) is 2.83. The van der Waals surface area contributed by atoms with Crippen LogP contribution >= 0.6 is 11.8 Å². The number of hydrogen-bond donors (Lipinski definition) is 2. The van der Waals surface area contributed by atoms with Crippen LogP contribution in [0.5, 0.6) is 5.75 Å². The van der Waals surface area contributed by atoms with E-state index in [1.165, 1.54) is 18.9 Å². The van der Waals surface area contributed by atoms with E-state index >= 15 is 0 Å². The second-order valence-corrected chi connectivity index (χ2v) is 7.65. The van der Waals surface area contributed by atoms with Gasteiger partial charge in [0.1, 0.15) is 12.3 Å². The Balaban J connectivity index is 1.45. The molecule has 0 radical (unpaired) electrons. The number of nitrogens with one attached hydrogen (secondary N) is 2. The molecule has 2 N–H and O–H groups in total. The molecule has 0 aromatic heterocycles. The highest BCUT2D eigenvalue weighted by atomic mass is 32.2.